The molecule has 0 bridgehead atoms. The van der Waals surface area contributed by atoms with Crippen LogP contribution in [0.5, 0.6) is 0 Å². The third-order valence-electron chi connectivity index (χ3n) is 2.51. The molecule has 1 aliphatic rings. The Morgan fingerprint density at radius 2 is 2.40 bits per heavy atom. The van der Waals surface area contributed by atoms with Crippen LogP contribution in [0.3, 0.4) is 0 Å². The number of aliphatic hydroxyl groups excluding tert-OH is 1. The number of likely N-dealkylation sites (N-methyl/N-ethyl adjacent to an activating group) is 1. The minimum atomic E-state index is -0.550. The fourth-order valence-electron chi connectivity index (χ4n) is 1.61. The third kappa shape index (κ3) is 1.81. The fourth-order valence-corrected chi connectivity index (χ4v) is 1.61. The highest BCUT2D eigenvalue weighted by Gasteiger charge is 2.32. The molecule has 0 radical (unpaired) electrons. The molecule has 1 aromatic rings. The van der Waals surface area contributed by atoms with Gasteiger partial charge in [-0.25, -0.2) is 0 Å². The molecule has 2 heterocycles. The SMILES string of the molecule is CN(C(=O)c1nn[nH]n1)[C@@H]1CNC[C@H]1O. The monoisotopic (exact) mass is 212 g/mol. The number of hydrogen-bond acceptors (Lipinski definition) is 6. The van der Waals surface area contributed by atoms with Gasteiger partial charge in [0.25, 0.3) is 11.7 Å². The first kappa shape index (κ1) is 9.99. The van der Waals surface area contributed by atoms with Gasteiger partial charge in [-0.15, -0.1) is 10.2 Å². The number of aliphatic hydroxyl groups is 1. The number of nitrogens with one attached hydrogen (secondary N) is 2. The van der Waals surface area contributed by atoms with Gasteiger partial charge in [-0.1, -0.05) is 0 Å². The Morgan fingerprint density at radius 3 is 2.93 bits per heavy atom. The zero-order valence-corrected chi connectivity index (χ0v) is 8.21. The van der Waals surface area contributed by atoms with E-state index in [1.807, 2.05) is 0 Å². The van der Waals surface area contributed by atoms with Gasteiger partial charge in [0.05, 0.1) is 12.1 Å². The van der Waals surface area contributed by atoms with Crippen molar-refractivity contribution in [1.82, 2.24) is 30.8 Å². The zero-order valence-electron chi connectivity index (χ0n) is 8.21. The fraction of sp³-hybridized carbons (Fsp3) is 0.714. The van der Waals surface area contributed by atoms with Crippen LogP contribution in [0.15, 0.2) is 0 Å². The van der Waals surface area contributed by atoms with E-state index >= 15 is 0 Å². The van der Waals surface area contributed by atoms with E-state index in [2.05, 4.69) is 25.9 Å². The lowest BCUT2D eigenvalue weighted by atomic mass is 10.2. The number of H-pyrrole nitrogens is 1. The van der Waals surface area contributed by atoms with Gasteiger partial charge >= 0.3 is 0 Å². The molecule has 1 amide bonds. The number of hydrogen-bond donors (Lipinski definition) is 3. The Balaban J connectivity index is 2.07. The van der Waals surface area contributed by atoms with E-state index in [9.17, 15) is 9.90 Å². The zero-order chi connectivity index (χ0) is 10.8. The first-order valence-electron chi connectivity index (χ1n) is 4.59. The van der Waals surface area contributed by atoms with Crippen LogP contribution in [0.1, 0.15) is 10.6 Å². The van der Waals surface area contributed by atoms with Crippen LogP contribution < -0.4 is 5.32 Å². The summed E-state index contributed by atoms with van der Waals surface area (Å²) in [4.78, 5) is 13.2. The molecule has 15 heavy (non-hydrogen) atoms. The van der Waals surface area contributed by atoms with Gasteiger partial charge in [0.1, 0.15) is 0 Å². The van der Waals surface area contributed by atoms with Crippen LogP contribution in [0, 0.1) is 0 Å². The van der Waals surface area contributed by atoms with E-state index in [0.717, 1.165) is 0 Å². The van der Waals surface area contributed by atoms with Crippen molar-refractivity contribution in [3.63, 3.8) is 0 Å². The molecule has 0 aliphatic carbocycles. The Hall–Kier alpha value is -1.54. The van der Waals surface area contributed by atoms with Gasteiger partial charge in [0, 0.05) is 20.1 Å². The molecule has 0 unspecified atom stereocenters. The first-order chi connectivity index (χ1) is 7.20. The van der Waals surface area contributed by atoms with E-state index in [-0.39, 0.29) is 17.8 Å². The Kier molecular flexibility index (Phi) is 2.60. The number of β-amino-alcohol motifs (C(OH)–C–C–N with tert-alkyl or cyclic N) is 1. The summed E-state index contributed by atoms with van der Waals surface area (Å²) >= 11 is 0. The molecule has 1 saturated heterocycles. The molecule has 0 saturated carbocycles. The summed E-state index contributed by atoms with van der Waals surface area (Å²) in [5.74, 6) is -0.340. The van der Waals surface area contributed by atoms with Crippen LogP contribution in [0.25, 0.3) is 0 Å². The normalized spacial score (nSPS) is 25.5. The number of rotatable bonds is 2. The summed E-state index contributed by atoms with van der Waals surface area (Å²) in [6, 6.07) is -0.240. The van der Waals surface area contributed by atoms with Gasteiger partial charge in [-0.2, -0.15) is 5.21 Å². The number of carbonyl (C=O) groups is 1. The van der Waals surface area contributed by atoms with Crippen molar-refractivity contribution < 1.29 is 9.90 Å². The van der Waals surface area contributed by atoms with Gasteiger partial charge < -0.3 is 15.3 Å². The molecule has 1 aromatic heterocycles. The molecule has 2 atom stereocenters. The number of nitrogens with zero attached hydrogens (tertiary/aromatic N) is 4. The second-order valence-electron chi connectivity index (χ2n) is 3.44. The van der Waals surface area contributed by atoms with Crippen LogP contribution in [0.4, 0.5) is 0 Å². The second-order valence-corrected chi connectivity index (χ2v) is 3.44. The summed E-state index contributed by atoms with van der Waals surface area (Å²) in [6.07, 6.45) is -0.550. The summed E-state index contributed by atoms with van der Waals surface area (Å²) < 4.78 is 0. The van der Waals surface area contributed by atoms with Crippen molar-refractivity contribution >= 4 is 5.91 Å². The lowest BCUT2D eigenvalue weighted by Crippen LogP contribution is -2.44. The lowest BCUT2D eigenvalue weighted by Gasteiger charge is -2.24. The lowest BCUT2D eigenvalue weighted by molar-refractivity contribution is 0.0570. The second kappa shape index (κ2) is 3.91. The average Bonchev–Trinajstić information content (AvgIpc) is 2.85. The van der Waals surface area contributed by atoms with E-state index in [1.54, 1.807) is 7.05 Å². The smallest absolute Gasteiger partial charge is 0.295 e. The van der Waals surface area contributed by atoms with Gasteiger partial charge in [0.15, 0.2) is 0 Å². The molecule has 82 valence electrons. The van der Waals surface area contributed by atoms with Gasteiger partial charge in [0.2, 0.25) is 0 Å². The molecule has 1 fully saturated rings. The largest absolute Gasteiger partial charge is 0.390 e. The molecular weight excluding hydrogens is 200 g/mol. The van der Waals surface area contributed by atoms with Gasteiger partial charge in [-0.3, -0.25) is 4.79 Å². The molecule has 2 rings (SSSR count). The molecule has 0 aromatic carbocycles. The number of carbonyl (C=O) groups excluding carboxylic acids is 1. The van der Waals surface area contributed by atoms with Crippen molar-refractivity contribution in [2.45, 2.75) is 12.1 Å². The van der Waals surface area contributed by atoms with Crippen molar-refractivity contribution in [3.05, 3.63) is 5.82 Å². The number of aromatic amines is 1. The molecule has 8 heteroatoms. The minimum Gasteiger partial charge on any atom is -0.390 e. The first-order valence-corrected chi connectivity index (χ1v) is 4.59. The minimum absolute atomic E-state index is 0.0107. The highest BCUT2D eigenvalue weighted by atomic mass is 16.3. The molecule has 8 nitrogen and oxygen atoms in total. The Morgan fingerprint density at radius 1 is 1.60 bits per heavy atom. The number of aromatic nitrogens is 4. The van der Waals surface area contributed by atoms with E-state index in [4.69, 9.17) is 0 Å². The van der Waals surface area contributed by atoms with Gasteiger partial charge in [-0.05, 0) is 5.21 Å². The Bertz CT molecular complexity index is 339. The summed E-state index contributed by atoms with van der Waals surface area (Å²) in [5.41, 5.74) is 0. The van der Waals surface area contributed by atoms with Crippen LogP contribution in [-0.2, 0) is 0 Å². The average molecular weight is 212 g/mol. The van der Waals surface area contributed by atoms with Crippen molar-refractivity contribution in [2.24, 2.45) is 0 Å². The van der Waals surface area contributed by atoms with E-state index in [0.29, 0.717) is 13.1 Å². The third-order valence-corrected chi connectivity index (χ3v) is 2.51. The predicted octanol–water partition coefficient (Wildman–Crippen LogP) is -2.40. The highest BCUT2D eigenvalue weighted by molar-refractivity contribution is 5.90. The summed E-state index contributed by atoms with van der Waals surface area (Å²) in [7, 11) is 1.61. The topological polar surface area (TPSA) is 107 Å². The van der Waals surface area contributed by atoms with E-state index < -0.39 is 6.10 Å². The van der Waals surface area contributed by atoms with Crippen molar-refractivity contribution in [2.75, 3.05) is 20.1 Å². The summed E-state index contributed by atoms with van der Waals surface area (Å²) in [6.45, 7) is 1.07. The predicted molar refractivity (Wildman–Crippen MR) is 48.9 cm³/mol. The maximum Gasteiger partial charge on any atom is 0.295 e. The maximum absolute atomic E-state index is 11.7. The Labute approximate surface area is 85.7 Å². The van der Waals surface area contributed by atoms with Crippen LogP contribution >= 0.6 is 0 Å². The molecular formula is C7H12N6O2. The van der Waals surface area contributed by atoms with Crippen molar-refractivity contribution in [3.8, 4) is 0 Å². The standard InChI is InChI=1S/C7H12N6O2/c1-13(4-2-8-3-5(4)14)7(15)6-9-11-12-10-6/h4-5,8,14H,2-3H2,1H3,(H,9,10,11,12)/t4-,5-/m1/s1. The van der Waals surface area contributed by atoms with Crippen molar-refractivity contribution in [1.29, 1.82) is 0 Å². The highest BCUT2D eigenvalue weighted by Crippen LogP contribution is 2.09. The quantitative estimate of drug-likeness (QED) is 0.504. The summed E-state index contributed by atoms with van der Waals surface area (Å²) in [5, 5.41) is 25.3. The van der Waals surface area contributed by atoms with E-state index in [1.165, 1.54) is 4.90 Å². The molecule has 1 aliphatic heterocycles. The number of amides is 1. The van der Waals surface area contributed by atoms with Crippen LogP contribution in [0.2, 0.25) is 0 Å². The van der Waals surface area contributed by atoms with Crippen LogP contribution in [-0.4, -0.2) is 68.8 Å². The molecule has 0 spiro atoms. The number of tetrazole rings is 1. The maximum atomic E-state index is 11.7. The molecule has 3 N–H and O–H groups in total.